The van der Waals surface area contributed by atoms with Crippen LogP contribution >= 0.6 is 23.8 Å². The number of thiocarbonyl (C=S) groups is 1. The number of nitrogens with one attached hydrogen (secondary N) is 3. The molecule has 0 atom stereocenters. The fourth-order valence-corrected chi connectivity index (χ4v) is 3.89. The molecule has 0 aliphatic rings. The molecular weight excluding hydrogens is 426 g/mol. The van der Waals surface area contributed by atoms with Crippen LogP contribution in [-0.2, 0) is 13.0 Å². The molecule has 1 heterocycles. The Morgan fingerprint density at radius 2 is 1.90 bits per heavy atom. The molecule has 0 spiro atoms. The minimum Gasteiger partial charge on any atom is -0.489 e. The van der Waals surface area contributed by atoms with E-state index in [1.807, 2.05) is 61.7 Å². The highest BCUT2D eigenvalue weighted by molar-refractivity contribution is 7.80. The molecule has 0 amide bonds. The Balaban J connectivity index is 1.31. The maximum atomic E-state index is 6.01. The summed E-state index contributed by atoms with van der Waals surface area (Å²) in [4.78, 5) is 3.35. The summed E-state index contributed by atoms with van der Waals surface area (Å²) in [5.74, 6) is 0.853. The first kappa shape index (κ1) is 21.2. The van der Waals surface area contributed by atoms with Gasteiger partial charge in [-0.05, 0) is 72.6 Å². The van der Waals surface area contributed by atoms with Crippen LogP contribution in [0.1, 0.15) is 16.7 Å². The number of anilines is 1. The molecule has 0 radical (unpaired) electrons. The summed E-state index contributed by atoms with van der Waals surface area (Å²) in [6.07, 6.45) is 2.90. The zero-order valence-electron chi connectivity index (χ0n) is 17.2. The van der Waals surface area contributed by atoms with Gasteiger partial charge in [0.05, 0.1) is 0 Å². The van der Waals surface area contributed by atoms with Gasteiger partial charge in [-0.1, -0.05) is 41.9 Å². The van der Waals surface area contributed by atoms with E-state index < -0.39 is 0 Å². The van der Waals surface area contributed by atoms with Crippen LogP contribution < -0.4 is 15.4 Å². The van der Waals surface area contributed by atoms with Crippen molar-refractivity contribution in [1.29, 1.82) is 0 Å². The summed E-state index contributed by atoms with van der Waals surface area (Å²) in [7, 11) is 0. The number of hydrogen-bond acceptors (Lipinski definition) is 2. The van der Waals surface area contributed by atoms with E-state index in [0.29, 0.717) is 11.7 Å². The van der Waals surface area contributed by atoms with E-state index in [4.69, 9.17) is 28.6 Å². The number of fused-ring (bicyclic) bond motifs is 1. The lowest BCUT2D eigenvalue weighted by Crippen LogP contribution is -2.30. The lowest BCUT2D eigenvalue weighted by atomic mass is 10.1. The van der Waals surface area contributed by atoms with Gasteiger partial charge in [-0.15, -0.1) is 0 Å². The van der Waals surface area contributed by atoms with Crippen LogP contribution in [0.2, 0.25) is 5.02 Å². The number of ether oxygens (including phenoxy) is 1. The van der Waals surface area contributed by atoms with Crippen molar-refractivity contribution in [3.05, 3.63) is 94.6 Å². The molecule has 0 fully saturated rings. The maximum Gasteiger partial charge on any atom is 0.170 e. The summed E-state index contributed by atoms with van der Waals surface area (Å²) < 4.78 is 5.93. The van der Waals surface area contributed by atoms with Crippen molar-refractivity contribution < 1.29 is 4.74 Å². The topological polar surface area (TPSA) is 49.1 Å². The standard InChI is InChI=1S/C25H24ClN3OS/c1-17-13-20(26)7-10-23(17)29-25(31)27-12-11-19-15-28-24-14-21(8-9-22(19)24)30-16-18-5-3-2-4-6-18/h2-10,13-15,28H,11-12,16H2,1H3,(H2,27,29,31). The Morgan fingerprint density at radius 3 is 2.71 bits per heavy atom. The molecule has 0 unspecified atom stereocenters. The first-order valence-corrected chi connectivity index (χ1v) is 10.9. The first-order valence-electron chi connectivity index (χ1n) is 10.2. The maximum absolute atomic E-state index is 6.01. The van der Waals surface area contributed by atoms with Gasteiger partial charge in [-0.2, -0.15) is 0 Å². The van der Waals surface area contributed by atoms with Gasteiger partial charge in [-0.25, -0.2) is 0 Å². The van der Waals surface area contributed by atoms with Gasteiger partial charge in [0.2, 0.25) is 0 Å². The molecule has 6 heteroatoms. The highest BCUT2D eigenvalue weighted by atomic mass is 35.5. The molecule has 3 N–H and O–H groups in total. The van der Waals surface area contributed by atoms with Crippen molar-refractivity contribution in [2.75, 3.05) is 11.9 Å². The van der Waals surface area contributed by atoms with Crippen molar-refractivity contribution in [2.45, 2.75) is 20.0 Å². The van der Waals surface area contributed by atoms with Crippen LogP contribution in [0, 0.1) is 6.92 Å². The molecule has 0 aliphatic heterocycles. The van der Waals surface area contributed by atoms with Gasteiger partial charge in [-0.3, -0.25) is 0 Å². The fraction of sp³-hybridized carbons (Fsp3) is 0.160. The summed E-state index contributed by atoms with van der Waals surface area (Å²) in [6.45, 7) is 3.29. The van der Waals surface area contributed by atoms with Crippen LogP contribution in [0.15, 0.2) is 72.9 Å². The van der Waals surface area contributed by atoms with E-state index in [9.17, 15) is 0 Å². The zero-order chi connectivity index (χ0) is 21.6. The average molecular weight is 450 g/mol. The largest absolute Gasteiger partial charge is 0.489 e. The fourth-order valence-electron chi connectivity index (χ4n) is 3.45. The third kappa shape index (κ3) is 5.57. The summed E-state index contributed by atoms with van der Waals surface area (Å²) >= 11 is 11.4. The Labute approximate surface area is 192 Å². The number of halogens is 1. The predicted octanol–water partition coefficient (Wildman–Crippen LogP) is 6.24. The molecule has 1 aromatic heterocycles. The van der Waals surface area contributed by atoms with Crippen molar-refractivity contribution in [2.24, 2.45) is 0 Å². The van der Waals surface area contributed by atoms with Crippen LogP contribution in [-0.4, -0.2) is 16.6 Å². The predicted molar refractivity (Wildman–Crippen MR) is 133 cm³/mol. The van der Waals surface area contributed by atoms with E-state index in [-0.39, 0.29) is 0 Å². The van der Waals surface area contributed by atoms with E-state index in [1.54, 1.807) is 0 Å². The highest BCUT2D eigenvalue weighted by Gasteiger charge is 2.07. The second-order valence-corrected chi connectivity index (χ2v) is 8.23. The zero-order valence-corrected chi connectivity index (χ0v) is 18.8. The summed E-state index contributed by atoms with van der Waals surface area (Å²) in [6, 6.07) is 22.0. The summed E-state index contributed by atoms with van der Waals surface area (Å²) in [5.41, 5.74) is 5.47. The number of aryl methyl sites for hydroxylation is 1. The molecule has 4 aromatic rings. The van der Waals surface area contributed by atoms with E-state index in [2.05, 4.69) is 33.8 Å². The third-order valence-electron chi connectivity index (χ3n) is 5.10. The number of aromatic nitrogens is 1. The van der Waals surface area contributed by atoms with Gasteiger partial charge >= 0.3 is 0 Å². The number of H-pyrrole nitrogens is 1. The second kappa shape index (κ2) is 9.86. The Morgan fingerprint density at radius 1 is 1.06 bits per heavy atom. The highest BCUT2D eigenvalue weighted by Crippen LogP contribution is 2.24. The minimum atomic E-state index is 0.557. The lowest BCUT2D eigenvalue weighted by Gasteiger charge is -2.12. The second-order valence-electron chi connectivity index (χ2n) is 7.39. The average Bonchev–Trinajstić information content (AvgIpc) is 3.17. The molecule has 0 saturated heterocycles. The van der Waals surface area contributed by atoms with Crippen molar-refractivity contribution in [1.82, 2.24) is 10.3 Å². The van der Waals surface area contributed by atoms with Gasteiger partial charge in [0.15, 0.2) is 5.11 Å². The number of rotatable bonds is 7. The van der Waals surface area contributed by atoms with Crippen LogP contribution in [0.5, 0.6) is 5.75 Å². The monoisotopic (exact) mass is 449 g/mol. The smallest absolute Gasteiger partial charge is 0.170 e. The molecule has 158 valence electrons. The van der Waals surface area contributed by atoms with Crippen molar-refractivity contribution in [3.8, 4) is 5.75 Å². The van der Waals surface area contributed by atoms with Crippen LogP contribution in [0.3, 0.4) is 0 Å². The van der Waals surface area contributed by atoms with E-state index >= 15 is 0 Å². The molecule has 0 aliphatic carbocycles. The lowest BCUT2D eigenvalue weighted by molar-refractivity contribution is 0.306. The Bertz CT molecular complexity index is 1190. The van der Waals surface area contributed by atoms with Crippen molar-refractivity contribution in [3.63, 3.8) is 0 Å². The Hall–Kier alpha value is -3.02. The van der Waals surface area contributed by atoms with Gasteiger partial charge in [0.1, 0.15) is 12.4 Å². The van der Waals surface area contributed by atoms with Crippen LogP contribution in [0.4, 0.5) is 5.69 Å². The summed E-state index contributed by atoms with van der Waals surface area (Å²) in [5, 5.41) is 9.01. The van der Waals surface area contributed by atoms with Crippen LogP contribution in [0.25, 0.3) is 10.9 Å². The molecule has 4 nitrogen and oxygen atoms in total. The Kier molecular flexibility index (Phi) is 6.75. The van der Waals surface area contributed by atoms with Gasteiger partial charge in [0.25, 0.3) is 0 Å². The molecular formula is C25H24ClN3OS. The van der Waals surface area contributed by atoms with Gasteiger partial charge in [0, 0.05) is 40.4 Å². The van der Waals surface area contributed by atoms with E-state index in [0.717, 1.165) is 46.1 Å². The van der Waals surface area contributed by atoms with Gasteiger partial charge < -0.3 is 20.4 Å². The molecule has 0 bridgehead atoms. The quantitative estimate of drug-likeness (QED) is 0.292. The van der Waals surface area contributed by atoms with E-state index in [1.165, 1.54) is 10.9 Å². The number of hydrogen-bond donors (Lipinski definition) is 3. The van der Waals surface area contributed by atoms with Crippen molar-refractivity contribution >= 4 is 45.5 Å². The normalized spacial score (nSPS) is 10.8. The minimum absolute atomic E-state index is 0.557. The third-order valence-corrected chi connectivity index (χ3v) is 5.59. The SMILES string of the molecule is Cc1cc(Cl)ccc1NC(=S)NCCc1c[nH]c2cc(OCc3ccccc3)ccc12. The molecule has 3 aromatic carbocycles. The number of aromatic amines is 1. The molecule has 4 rings (SSSR count). The molecule has 31 heavy (non-hydrogen) atoms. The number of benzene rings is 3. The first-order chi connectivity index (χ1) is 15.1. The molecule has 0 saturated carbocycles.